The number of hydrogen-bond donors (Lipinski definition) is 0. The standard InChI is InChI=1S/C24H24F6O/c1-13-2-3-15-9-16(5-4-14(15)8-13)17-6-7-19(20(25)10-17)18-11-21(26)23(22(27)12-18)31-24(28,29)30/h6-7,10-16H,2-5,8-9H2,1H3. The van der Waals surface area contributed by atoms with Crippen LogP contribution in [0, 0.1) is 35.2 Å². The SMILES string of the molecule is CC1CCC2CC(c3ccc(-c4cc(F)c(OC(F)(F)F)c(F)c4)c(F)c3)CCC2C1. The van der Waals surface area contributed by atoms with Crippen LogP contribution in [0.25, 0.3) is 11.1 Å². The van der Waals surface area contributed by atoms with Crippen molar-refractivity contribution in [2.75, 3.05) is 0 Å². The van der Waals surface area contributed by atoms with Crippen LogP contribution in [0.4, 0.5) is 26.3 Å². The van der Waals surface area contributed by atoms with Crippen molar-refractivity contribution in [2.45, 2.75) is 57.7 Å². The summed E-state index contributed by atoms with van der Waals surface area (Å²) in [7, 11) is 0. The van der Waals surface area contributed by atoms with Gasteiger partial charge < -0.3 is 4.74 Å². The van der Waals surface area contributed by atoms with Crippen molar-refractivity contribution in [3.63, 3.8) is 0 Å². The Kier molecular flexibility index (Phi) is 5.97. The molecule has 0 spiro atoms. The van der Waals surface area contributed by atoms with Gasteiger partial charge in [-0.05, 0) is 85.1 Å². The lowest BCUT2D eigenvalue weighted by atomic mass is 9.64. The van der Waals surface area contributed by atoms with Gasteiger partial charge >= 0.3 is 6.36 Å². The number of benzene rings is 2. The number of hydrogen-bond acceptors (Lipinski definition) is 1. The third-order valence-corrected chi connectivity index (χ3v) is 6.87. The Hall–Kier alpha value is -2.18. The molecular weight excluding hydrogens is 418 g/mol. The molecule has 168 valence electrons. The van der Waals surface area contributed by atoms with E-state index in [4.69, 9.17) is 0 Å². The zero-order valence-electron chi connectivity index (χ0n) is 17.1. The van der Waals surface area contributed by atoms with E-state index in [1.165, 1.54) is 31.4 Å². The topological polar surface area (TPSA) is 9.23 Å². The van der Waals surface area contributed by atoms with Crippen molar-refractivity contribution >= 4 is 0 Å². The van der Waals surface area contributed by atoms with Crippen molar-refractivity contribution in [2.24, 2.45) is 17.8 Å². The molecule has 0 N–H and O–H groups in total. The van der Waals surface area contributed by atoms with Gasteiger partial charge in [-0.3, -0.25) is 0 Å². The number of rotatable bonds is 3. The summed E-state index contributed by atoms with van der Waals surface area (Å²) in [4.78, 5) is 0. The summed E-state index contributed by atoms with van der Waals surface area (Å²) >= 11 is 0. The van der Waals surface area contributed by atoms with Crippen LogP contribution < -0.4 is 4.74 Å². The Morgan fingerprint density at radius 1 is 0.806 bits per heavy atom. The fourth-order valence-corrected chi connectivity index (χ4v) is 5.37. The first-order valence-corrected chi connectivity index (χ1v) is 10.7. The summed E-state index contributed by atoms with van der Waals surface area (Å²) in [6, 6.07) is 5.89. The van der Waals surface area contributed by atoms with E-state index in [0.29, 0.717) is 18.1 Å². The summed E-state index contributed by atoms with van der Waals surface area (Å²) in [5.41, 5.74) is 0.607. The van der Waals surface area contributed by atoms with Crippen LogP contribution in [-0.4, -0.2) is 6.36 Å². The monoisotopic (exact) mass is 442 g/mol. The van der Waals surface area contributed by atoms with Crippen LogP contribution in [0.3, 0.4) is 0 Å². The van der Waals surface area contributed by atoms with Crippen LogP contribution >= 0.6 is 0 Å². The van der Waals surface area contributed by atoms with Gasteiger partial charge in [0.15, 0.2) is 11.6 Å². The summed E-state index contributed by atoms with van der Waals surface area (Å²) in [5.74, 6) is -2.87. The van der Waals surface area contributed by atoms with Crippen molar-refractivity contribution < 1.29 is 31.1 Å². The second kappa shape index (κ2) is 8.40. The molecule has 0 aliphatic heterocycles. The number of fused-ring (bicyclic) bond motifs is 1. The Morgan fingerprint density at radius 3 is 2.10 bits per heavy atom. The molecule has 31 heavy (non-hydrogen) atoms. The Balaban J connectivity index is 1.54. The van der Waals surface area contributed by atoms with Crippen LogP contribution in [0.15, 0.2) is 30.3 Å². The maximum absolute atomic E-state index is 14.9. The van der Waals surface area contributed by atoms with Gasteiger partial charge in [-0.25, -0.2) is 13.2 Å². The molecule has 2 saturated carbocycles. The largest absolute Gasteiger partial charge is 0.573 e. The Labute approximate surface area is 177 Å². The first kappa shape index (κ1) is 22.0. The first-order valence-electron chi connectivity index (χ1n) is 10.7. The minimum atomic E-state index is -5.23. The van der Waals surface area contributed by atoms with Crippen LogP contribution in [-0.2, 0) is 0 Å². The zero-order chi connectivity index (χ0) is 22.3. The second-order valence-corrected chi connectivity index (χ2v) is 9.00. The minimum Gasteiger partial charge on any atom is -0.399 e. The quantitative estimate of drug-likeness (QED) is 0.438. The third-order valence-electron chi connectivity index (χ3n) is 6.87. The molecule has 2 aromatic carbocycles. The molecule has 7 heteroatoms. The fourth-order valence-electron chi connectivity index (χ4n) is 5.37. The highest BCUT2D eigenvalue weighted by atomic mass is 19.4. The zero-order valence-corrected chi connectivity index (χ0v) is 17.1. The number of ether oxygens (including phenoxy) is 1. The molecule has 4 atom stereocenters. The van der Waals surface area contributed by atoms with E-state index >= 15 is 0 Å². The van der Waals surface area contributed by atoms with Crippen molar-refractivity contribution in [3.05, 3.63) is 53.3 Å². The molecule has 2 aromatic rings. The molecule has 4 rings (SSSR count). The average Bonchev–Trinajstić information content (AvgIpc) is 2.69. The summed E-state index contributed by atoms with van der Waals surface area (Å²) in [6.45, 7) is 2.30. The minimum absolute atomic E-state index is 0.0692. The maximum Gasteiger partial charge on any atom is 0.573 e. The van der Waals surface area contributed by atoms with Gasteiger partial charge in [0.25, 0.3) is 0 Å². The molecule has 4 unspecified atom stereocenters. The second-order valence-electron chi connectivity index (χ2n) is 9.00. The third kappa shape index (κ3) is 4.85. The maximum atomic E-state index is 14.9. The van der Waals surface area contributed by atoms with Crippen molar-refractivity contribution in [1.29, 1.82) is 0 Å². The Morgan fingerprint density at radius 2 is 1.45 bits per heavy atom. The van der Waals surface area contributed by atoms with E-state index in [9.17, 15) is 26.3 Å². The molecule has 2 aliphatic carbocycles. The molecule has 0 aromatic heterocycles. The highest BCUT2D eigenvalue weighted by Crippen LogP contribution is 2.47. The van der Waals surface area contributed by atoms with Crippen LogP contribution in [0.5, 0.6) is 5.75 Å². The van der Waals surface area contributed by atoms with E-state index < -0.39 is 29.6 Å². The van der Waals surface area contributed by atoms with Gasteiger partial charge in [-0.2, -0.15) is 0 Å². The predicted octanol–water partition coefficient (Wildman–Crippen LogP) is 7.99. The highest BCUT2D eigenvalue weighted by molar-refractivity contribution is 5.66. The number of alkyl halides is 3. The van der Waals surface area contributed by atoms with E-state index in [1.807, 2.05) is 0 Å². The molecule has 0 heterocycles. The van der Waals surface area contributed by atoms with Crippen LogP contribution in [0.1, 0.15) is 56.9 Å². The summed E-state index contributed by atoms with van der Waals surface area (Å²) in [6.07, 6.45) is 1.59. The summed E-state index contributed by atoms with van der Waals surface area (Å²) in [5, 5.41) is 0. The first-order chi connectivity index (χ1) is 14.6. The van der Waals surface area contributed by atoms with E-state index in [-0.39, 0.29) is 17.0 Å². The summed E-state index contributed by atoms with van der Waals surface area (Å²) < 4.78 is 83.2. The van der Waals surface area contributed by atoms with Crippen molar-refractivity contribution in [3.8, 4) is 16.9 Å². The fraction of sp³-hybridized carbons (Fsp3) is 0.500. The highest BCUT2D eigenvalue weighted by Gasteiger charge is 2.36. The van der Waals surface area contributed by atoms with Crippen molar-refractivity contribution in [1.82, 2.24) is 0 Å². The van der Waals surface area contributed by atoms with E-state index in [0.717, 1.165) is 36.7 Å². The van der Waals surface area contributed by atoms with E-state index in [2.05, 4.69) is 11.7 Å². The van der Waals surface area contributed by atoms with E-state index in [1.54, 1.807) is 6.07 Å². The van der Waals surface area contributed by atoms with Crippen LogP contribution in [0.2, 0.25) is 0 Å². The molecule has 0 bridgehead atoms. The van der Waals surface area contributed by atoms with Gasteiger partial charge in [0.2, 0.25) is 5.75 Å². The molecule has 0 saturated heterocycles. The lowest BCUT2D eigenvalue weighted by Gasteiger charge is -2.41. The number of halogens is 6. The normalized spacial score (nSPS) is 26.4. The van der Waals surface area contributed by atoms with Gasteiger partial charge in [-0.1, -0.05) is 25.5 Å². The molecule has 2 fully saturated rings. The molecule has 0 amide bonds. The van der Waals surface area contributed by atoms with Gasteiger partial charge in [0.1, 0.15) is 5.82 Å². The average molecular weight is 442 g/mol. The molecule has 2 aliphatic rings. The van der Waals surface area contributed by atoms with Gasteiger partial charge in [-0.15, -0.1) is 13.2 Å². The lowest BCUT2D eigenvalue weighted by Crippen LogP contribution is -2.29. The van der Waals surface area contributed by atoms with Gasteiger partial charge in [0, 0.05) is 5.56 Å². The predicted molar refractivity (Wildman–Crippen MR) is 105 cm³/mol. The molecule has 0 radical (unpaired) electrons. The lowest BCUT2D eigenvalue weighted by molar-refractivity contribution is -0.276. The smallest absolute Gasteiger partial charge is 0.399 e. The Bertz CT molecular complexity index is 931. The van der Waals surface area contributed by atoms with Gasteiger partial charge in [0.05, 0.1) is 0 Å². The molecular formula is C24H24F6O. The molecule has 1 nitrogen and oxygen atoms in total.